The Hall–Kier alpha value is -1.61. The molecule has 0 spiro atoms. The molecule has 2 aromatic carbocycles. The van der Waals surface area contributed by atoms with Gasteiger partial charge in [0.15, 0.2) is 0 Å². The van der Waals surface area contributed by atoms with Crippen molar-refractivity contribution in [3.8, 4) is 0 Å². The van der Waals surface area contributed by atoms with Gasteiger partial charge in [0.05, 0.1) is 0 Å². The normalized spacial score (nSPS) is 10.3. The van der Waals surface area contributed by atoms with Crippen LogP contribution in [0.2, 0.25) is 0 Å². The second-order valence-corrected chi connectivity index (χ2v) is 5.38. The van der Waals surface area contributed by atoms with Crippen LogP contribution in [0, 0.1) is 13.8 Å². The fourth-order valence-corrected chi connectivity index (χ4v) is 2.30. The summed E-state index contributed by atoms with van der Waals surface area (Å²) in [4.78, 5) is 12.2. The minimum absolute atomic E-state index is 0.0398. The van der Waals surface area contributed by atoms with Gasteiger partial charge in [0.1, 0.15) is 0 Å². The van der Waals surface area contributed by atoms with Gasteiger partial charge in [-0.15, -0.1) is 0 Å². The molecule has 1 N–H and O–H groups in total. The van der Waals surface area contributed by atoms with E-state index >= 15 is 0 Å². The number of amides is 1. The standard InChI is InChI=1S/C16H16BrNO/c1-11-6-3-4-7-13(11)10-18-16(19)14-8-5-9-15(17)12(14)2/h3-9H,10H2,1-2H3,(H,18,19). The molecule has 1 amide bonds. The zero-order chi connectivity index (χ0) is 13.8. The number of benzene rings is 2. The van der Waals surface area contributed by atoms with Crippen molar-refractivity contribution >= 4 is 21.8 Å². The molecule has 0 fully saturated rings. The molecule has 0 aliphatic rings. The second kappa shape index (κ2) is 6.02. The van der Waals surface area contributed by atoms with Gasteiger partial charge in [-0.25, -0.2) is 0 Å². The highest BCUT2D eigenvalue weighted by atomic mass is 79.9. The Kier molecular flexibility index (Phi) is 4.38. The van der Waals surface area contributed by atoms with E-state index in [1.54, 1.807) is 0 Å². The lowest BCUT2D eigenvalue weighted by Crippen LogP contribution is -2.24. The zero-order valence-electron chi connectivity index (χ0n) is 11.0. The molecule has 19 heavy (non-hydrogen) atoms. The number of rotatable bonds is 3. The average molecular weight is 318 g/mol. The summed E-state index contributed by atoms with van der Waals surface area (Å²) in [5, 5.41) is 2.96. The predicted molar refractivity (Wildman–Crippen MR) is 81.2 cm³/mol. The van der Waals surface area contributed by atoms with Gasteiger partial charge in [0.25, 0.3) is 5.91 Å². The van der Waals surface area contributed by atoms with Crippen molar-refractivity contribution in [2.75, 3.05) is 0 Å². The minimum Gasteiger partial charge on any atom is -0.348 e. The van der Waals surface area contributed by atoms with Crippen LogP contribution in [0.4, 0.5) is 0 Å². The van der Waals surface area contributed by atoms with E-state index in [2.05, 4.69) is 21.2 Å². The lowest BCUT2D eigenvalue weighted by molar-refractivity contribution is 0.0950. The number of carbonyl (C=O) groups excluding carboxylic acids is 1. The van der Waals surface area contributed by atoms with Gasteiger partial charge in [0, 0.05) is 16.6 Å². The number of aryl methyl sites for hydroxylation is 1. The maximum Gasteiger partial charge on any atom is 0.251 e. The molecule has 0 atom stereocenters. The van der Waals surface area contributed by atoms with Crippen molar-refractivity contribution in [2.45, 2.75) is 20.4 Å². The summed E-state index contributed by atoms with van der Waals surface area (Å²) in [5.74, 6) is -0.0398. The Labute approximate surface area is 122 Å². The Morgan fingerprint density at radius 2 is 1.84 bits per heavy atom. The molecule has 0 aromatic heterocycles. The predicted octanol–water partition coefficient (Wildman–Crippen LogP) is 4.00. The van der Waals surface area contributed by atoms with Gasteiger partial charge in [-0.1, -0.05) is 46.3 Å². The molecule has 0 bridgehead atoms. The maximum atomic E-state index is 12.2. The zero-order valence-corrected chi connectivity index (χ0v) is 12.6. The SMILES string of the molecule is Cc1ccccc1CNC(=O)c1cccc(Br)c1C. The third kappa shape index (κ3) is 3.24. The molecule has 2 aromatic rings. The molecule has 0 aliphatic carbocycles. The fourth-order valence-electron chi connectivity index (χ4n) is 1.93. The highest BCUT2D eigenvalue weighted by molar-refractivity contribution is 9.10. The van der Waals surface area contributed by atoms with E-state index in [1.165, 1.54) is 5.56 Å². The number of hydrogen-bond donors (Lipinski definition) is 1. The number of halogens is 1. The van der Waals surface area contributed by atoms with E-state index in [9.17, 15) is 4.79 Å². The van der Waals surface area contributed by atoms with Crippen LogP contribution in [0.1, 0.15) is 27.0 Å². The van der Waals surface area contributed by atoms with Crippen LogP contribution in [0.5, 0.6) is 0 Å². The van der Waals surface area contributed by atoms with Gasteiger partial charge < -0.3 is 5.32 Å². The summed E-state index contributed by atoms with van der Waals surface area (Å²) in [6.45, 7) is 4.54. The fraction of sp³-hybridized carbons (Fsp3) is 0.188. The first-order valence-corrected chi connectivity index (χ1v) is 6.96. The Morgan fingerprint density at radius 3 is 2.58 bits per heavy atom. The first-order chi connectivity index (χ1) is 9.09. The molecule has 0 saturated carbocycles. The summed E-state index contributed by atoms with van der Waals surface area (Å²) >= 11 is 3.44. The topological polar surface area (TPSA) is 29.1 Å². The Morgan fingerprint density at radius 1 is 1.11 bits per heavy atom. The average Bonchev–Trinajstić information content (AvgIpc) is 2.40. The smallest absolute Gasteiger partial charge is 0.251 e. The largest absolute Gasteiger partial charge is 0.348 e. The van der Waals surface area contributed by atoms with Crippen LogP contribution in [-0.4, -0.2) is 5.91 Å². The van der Waals surface area contributed by atoms with Gasteiger partial charge in [-0.05, 0) is 42.7 Å². The van der Waals surface area contributed by atoms with Crippen LogP contribution in [-0.2, 0) is 6.54 Å². The van der Waals surface area contributed by atoms with Crippen LogP contribution < -0.4 is 5.32 Å². The summed E-state index contributed by atoms with van der Waals surface area (Å²) in [7, 11) is 0. The van der Waals surface area contributed by atoms with E-state index in [1.807, 2.05) is 56.3 Å². The summed E-state index contributed by atoms with van der Waals surface area (Å²) < 4.78 is 0.955. The van der Waals surface area contributed by atoms with Crippen LogP contribution in [0.3, 0.4) is 0 Å². The van der Waals surface area contributed by atoms with Crippen LogP contribution in [0.15, 0.2) is 46.9 Å². The van der Waals surface area contributed by atoms with E-state index in [4.69, 9.17) is 0 Å². The Balaban J connectivity index is 2.10. The van der Waals surface area contributed by atoms with Gasteiger partial charge >= 0.3 is 0 Å². The summed E-state index contributed by atoms with van der Waals surface area (Å²) in [5.41, 5.74) is 4.00. The first kappa shape index (κ1) is 13.8. The molecular weight excluding hydrogens is 302 g/mol. The molecule has 98 valence electrons. The lowest BCUT2D eigenvalue weighted by atomic mass is 10.1. The molecule has 3 heteroatoms. The van der Waals surface area contributed by atoms with E-state index in [0.717, 1.165) is 15.6 Å². The molecule has 0 aliphatic heterocycles. The quantitative estimate of drug-likeness (QED) is 0.911. The highest BCUT2D eigenvalue weighted by Crippen LogP contribution is 2.19. The first-order valence-electron chi connectivity index (χ1n) is 6.17. The summed E-state index contributed by atoms with van der Waals surface area (Å²) in [6.07, 6.45) is 0. The summed E-state index contributed by atoms with van der Waals surface area (Å²) in [6, 6.07) is 13.7. The minimum atomic E-state index is -0.0398. The van der Waals surface area contributed by atoms with Crippen molar-refractivity contribution in [1.82, 2.24) is 5.32 Å². The van der Waals surface area contributed by atoms with Crippen molar-refractivity contribution in [3.05, 3.63) is 69.2 Å². The molecular formula is C16H16BrNO. The van der Waals surface area contributed by atoms with Crippen LogP contribution in [0.25, 0.3) is 0 Å². The molecule has 0 unspecified atom stereocenters. The molecule has 0 radical (unpaired) electrons. The molecule has 2 nitrogen and oxygen atoms in total. The van der Waals surface area contributed by atoms with Gasteiger partial charge in [0.2, 0.25) is 0 Å². The molecule has 0 saturated heterocycles. The van der Waals surface area contributed by atoms with Crippen molar-refractivity contribution < 1.29 is 4.79 Å². The van der Waals surface area contributed by atoms with Crippen molar-refractivity contribution in [1.29, 1.82) is 0 Å². The molecule has 0 heterocycles. The maximum absolute atomic E-state index is 12.2. The number of hydrogen-bond acceptors (Lipinski definition) is 1. The van der Waals surface area contributed by atoms with Gasteiger partial charge in [-0.2, -0.15) is 0 Å². The van der Waals surface area contributed by atoms with E-state index in [-0.39, 0.29) is 5.91 Å². The van der Waals surface area contributed by atoms with Crippen molar-refractivity contribution in [2.24, 2.45) is 0 Å². The Bertz CT molecular complexity index is 607. The highest BCUT2D eigenvalue weighted by Gasteiger charge is 2.10. The number of carbonyl (C=O) groups is 1. The molecule has 2 rings (SSSR count). The van der Waals surface area contributed by atoms with Gasteiger partial charge in [-0.3, -0.25) is 4.79 Å². The van der Waals surface area contributed by atoms with E-state index in [0.29, 0.717) is 12.1 Å². The monoisotopic (exact) mass is 317 g/mol. The third-order valence-electron chi connectivity index (χ3n) is 3.21. The van der Waals surface area contributed by atoms with Crippen molar-refractivity contribution in [3.63, 3.8) is 0 Å². The lowest BCUT2D eigenvalue weighted by Gasteiger charge is -2.10. The van der Waals surface area contributed by atoms with E-state index < -0.39 is 0 Å². The third-order valence-corrected chi connectivity index (χ3v) is 4.07. The van der Waals surface area contributed by atoms with Crippen LogP contribution >= 0.6 is 15.9 Å². The number of nitrogens with one attached hydrogen (secondary N) is 1. The second-order valence-electron chi connectivity index (χ2n) is 4.52.